The van der Waals surface area contributed by atoms with Crippen LogP contribution in [0.1, 0.15) is 38.5 Å². The molecule has 3 N–H and O–H groups in total. The van der Waals surface area contributed by atoms with Gasteiger partial charge < -0.3 is 29.5 Å². The summed E-state index contributed by atoms with van der Waals surface area (Å²) in [5, 5.41) is 28.2. The first-order valence-corrected chi connectivity index (χ1v) is 7.60. The van der Waals surface area contributed by atoms with Crippen LogP contribution in [0.5, 0.6) is 0 Å². The van der Waals surface area contributed by atoms with Gasteiger partial charge >= 0.3 is 17.9 Å². The molecule has 24 heavy (non-hydrogen) atoms. The fourth-order valence-electron chi connectivity index (χ4n) is 2.06. The van der Waals surface area contributed by atoms with Crippen molar-refractivity contribution in [3.05, 3.63) is 11.5 Å². The highest BCUT2D eigenvalue weighted by Crippen LogP contribution is 2.21. The zero-order valence-corrected chi connectivity index (χ0v) is 13.4. The minimum Gasteiger partial charge on any atom is -0.505 e. The third-order valence-corrected chi connectivity index (χ3v) is 3.44. The monoisotopic (exact) mass is 346 g/mol. The second-order valence-electron chi connectivity index (χ2n) is 5.30. The molecular weight excluding hydrogens is 324 g/mol. The maximum absolute atomic E-state index is 11.5. The summed E-state index contributed by atoms with van der Waals surface area (Å²) in [5.74, 6) is -3.69. The van der Waals surface area contributed by atoms with Crippen LogP contribution in [0.2, 0.25) is 0 Å². The van der Waals surface area contributed by atoms with Gasteiger partial charge in [0.05, 0.1) is 7.11 Å². The van der Waals surface area contributed by atoms with Gasteiger partial charge in [0.25, 0.3) is 0 Å². The van der Waals surface area contributed by atoms with Crippen molar-refractivity contribution in [2.24, 2.45) is 0 Å². The first kappa shape index (κ1) is 19.8. The van der Waals surface area contributed by atoms with Gasteiger partial charge in [0.2, 0.25) is 5.76 Å². The number of carbonyl (C=O) groups is 3. The second kappa shape index (κ2) is 9.76. The molecule has 0 aromatic heterocycles. The smallest absolute Gasteiger partial charge is 0.377 e. The zero-order valence-electron chi connectivity index (χ0n) is 13.4. The van der Waals surface area contributed by atoms with E-state index in [2.05, 4.69) is 9.47 Å². The summed E-state index contributed by atoms with van der Waals surface area (Å²) in [6.07, 6.45) is 0.349. The molecule has 1 aliphatic rings. The molecule has 0 amide bonds. The molecule has 0 fully saturated rings. The molecule has 0 aromatic carbocycles. The Morgan fingerprint density at radius 1 is 1.12 bits per heavy atom. The van der Waals surface area contributed by atoms with Crippen molar-refractivity contribution < 1.29 is 43.9 Å². The molecule has 0 bridgehead atoms. The van der Waals surface area contributed by atoms with Gasteiger partial charge in [-0.25, -0.2) is 4.79 Å². The number of unbranched alkanes of at least 4 members (excludes halogenated alkanes) is 3. The van der Waals surface area contributed by atoms with Crippen molar-refractivity contribution in [2.75, 3.05) is 13.7 Å². The molecule has 0 saturated heterocycles. The fraction of sp³-hybridized carbons (Fsp3) is 0.667. The number of hydrogen-bond donors (Lipinski definition) is 3. The van der Waals surface area contributed by atoms with Gasteiger partial charge in [-0.15, -0.1) is 0 Å². The highest BCUT2D eigenvalue weighted by Gasteiger charge is 2.39. The quantitative estimate of drug-likeness (QED) is 0.295. The first-order valence-electron chi connectivity index (χ1n) is 7.60. The highest BCUT2D eigenvalue weighted by atomic mass is 16.6. The molecule has 0 saturated carbocycles. The molecule has 9 heteroatoms. The van der Waals surface area contributed by atoms with Crippen molar-refractivity contribution in [2.45, 2.75) is 50.7 Å². The summed E-state index contributed by atoms with van der Waals surface area (Å²) in [7, 11) is 1.33. The number of ether oxygens (including phenoxy) is 3. The van der Waals surface area contributed by atoms with E-state index in [0.717, 1.165) is 12.8 Å². The Morgan fingerprint density at radius 2 is 1.71 bits per heavy atom. The van der Waals surface area contributed by atoms with E-state index >= 15 is 0 Å². The van der Waals surface area contributed by atoms with Crippen molar-refractivity contribution in [3.63, 3.8) is 0 Å². The molecular formula is C15H22O9. The van der Waals surface area contributed by atoms with E-state index < -0.39 is 42.3 Å². The molecule has 0 unspecified atom stereocenters. The van der Waals surface area contributed by atoms with Crippen LogP contribution in [0.25, 0.3) is 0 Å². The molecule has 0 radical (unpaired) electrons. The number of aliphatic hydroxyl groups is 3. The Morgan fingerprint density at radius 3 is 2.21 bits per heavy atom. The molecule has 0 aromatic rings. The Hall–Kier alpha value is -2.29. The fourth-order valence-corrected chi connectivity index (χ4v) is 2.06. The van der Waals surface area contributed by atoms with Crippen molar-refractivity contribution in [1.82, 2.24) is 0 Å². The predicted octanol–water partition coefficient (Wildman–Crippen LogP) is 0.657. The molecule has 1 aliphatic heterocycles. The van der Waals surface area contributed by atoms with Crippen molar-refractivity contribution in [3.8, 4) is 0 Å². The normalized spacial score (nSPS) is 18.2. The molecule has 0 spiro atoms. The van der Waals surface area contributed by atoms with Crippen LogP contribution in [0, 0.1) is 0 Å². The highest BCUT2D eigenvalue weighted by molar-refractivity contribution is 5.89. The van der Waals surface area contributed by atoms with E-state index in [-0.39, 0.29) is 12.4 Å². The number of methoxy groups -OCH3 is 1. The Bertz CT molecular complexity index is 497. The van der Waals surface area contributed by atoms with Crippen LogP contribution in [-0.2, 0) is 28.6 Å². The predicted molar refractivity (Wildman–Crippen MR) is 78.8 cm³/mol. The maximum atomic E-state index is 11.5. The lowest BCUT2D eigenvalue weighted by Gasteiger charge is -2.17. The first-order chi connectivity index (χ1) is 11.4. The van der Waals surface area contributed by atoms with Gasteiger partial charge in [0, 0.05) is 12.8 Å². The Labute approximate surface area is 138 Å². The van der Waals surface area contributed by atoms with Crippen LogP contribution in [0.3, 0.4) is 0 Å². The number of esters is 3. The largest absolute Gasteiger partial charge is 0.505 e. The topological polar surface area (TPSA) is 140 Å². The standard InChI is InChI=1S/C15H22O9/c1-22-10(17)6-4-2-3-5-7-11(18)23-8-9(16)14-12(19)13(20)15(21)24-14/h9,14,16,19-20H,2-8H2,1H3/t9-,14-/m1/s1. The van der Waals surface area contributed by atoms with Crippen LogP contribution in [0.4, 0.5) is 0 Å². The summed E-state index contributed by atoms with van der Waals surface area (Å²) in [5.41, 5.74) is 0. The van der Waals surface area contributed by atoms with Crippen LogP contribution in [-0.4, -0.2) is 59.2 Å². The molecule has 0 aliphatic carbocycles. The van der Waals surface area contributed by atoms with E-state index in [1.807, 2.05) is 0 Å². The lowest BCUT2D eigenvalue weighted by atomic mass is 10.1. The Balaban J connectivity index is 2.14. The molecule has 136 valence electrons. The third kappa shape index (κ3) is 6.07. The number of cyclic esters (lactones) is 1. The number of rotatable bonds is 10. The summed E-state index contributed by atoms with van der Waals surface area (Å²) < 4.78 is 13.9. The maximum Gasteiger partial charge on any atom is 0.377 e. The molecule has 1 heterocycles. The van der Waals surface area contributed by atoms with Gasteiger partial charge in [-0.3, -0.25) is 9.59 Å². The lowest BCUT2D eigenvalue weighted by Crippen LogP contribution is -2.33. The average molecular weight is 346 g/mol. The van der Waals surface area contributed by atoms with Gasteiger partial charge in [-0.1, -0.05) is 12.8 Å². The van der Waals surface area contributed by atoms with E-state index in [4.69, 9.17) is 9.84 Å². The molecule has 9 nitrogen and oxygen atoms in total. The average Bonchev–Trinajstić information content (AvgIpc) is 2.83. The van der Waals surface area contributed by atoms with E-state index in [0.29, 0.717) is 19.3 Å². The summed E-state index contributed by atoms with van der Waals surface area (Å²) in [4.78, 5) is 33.4. The Kier molecular flexibility index (Phi) is 8.03. The van der Waals surface area contributed by atoms with Crippen LogP contribution in [0.15, 0.2) is 11.5 Å². The lowest BCUT2D eigenvalue weighted by molar-refractivity contribution is -0.154. The number of aliphatic hydroxyl groups excluding tert-OH is 3. The molecule has 1 rings (SSSR count). The van der Waals surface area contributed by atoms with Gasteiger partial charge in [0.1, 0.15) is 12.7 Å². The minimum atomic E-state index is -1.47. The van der Waals surface area contributed by atoms with Gasteiger partial charge in [0.15, 0.2) is 11.9 Å². The zero-order chi connectivity index (χ0) is 18.1. The van der Waals surface area contributed by atoms with Crippen LogP contribution < -0.4 is 0 Å². The van der Waals surface area contributed by atoms with Gasteiger partial charge in [-0.2, -0.15) is 0 Å². The third-order valence-electron chi connectivity index (χ3n) is 3.44. The van der Waals surface area contributed by atoms with E-state index in [9.17, 15) is 24.6 Å². The van der Waals surface area contributed by atoms with Gasteiger partial charge in [-0.05, 0) is 12.8 Å². The van der Waals surface area contributed by atoms with E-state index in [1.54, 1.807) is 0 Å². The second-order valence-corrected chi connectivity index (χ2v) is 5.30. The summed E-state index contributed by atoms with van der Waals surface area (Å²) in [6, 6.07) is 0. The number of carbonyl (C=O) groups excluding carboxylic acids is 3. The summed E-state index contributed by atoms with van der Waals surface area (Å²) >= 11 is 0. The van der Waals surface area contributed by atoms with Crippen molar-refractivity contribution >= 4 is 17.9 Å². The minimum absolute atomic E-state index is 0.141. The van der Waals surface area contributed by atoms with Crippen LogP contribution >= 0.6 is 0 Å². The van der Waals surface area contributed by atoms with E-state index in [1.165, 1.54) is 7.11 Å². The molecule has 2 atom stereocenters. The van der Waals surface area contributed by atoms with Crippen molar-refractivity contribution in [1.29, 1.82) is 0 Å². The summed E-state index contributed by atoms with van der Waals surface area (Å²) in [6.45, 7) is -0.476. The number of hydrogen-bond acceptors (Lipinski definition) is 9. The SMILES string of the molecule is COC(=O)CCCCCCC(=O)OC[C@@H](O)[C@H]1OC(=O)C(O)=C1O.